The zero-order valence-corrected chi connectivity index (χ0v) is 10.1. The molecule has 1 aliphatic heterocycles. The van der Waals surface area contributed by atoms with Crippen LogP contribution in [-0.2, 0) is 6.42 Å². The third kappa shape index (κ3) is 2.17. The highest BCUT2D eigenvalue weighted by Crippen LogP contribution is 2.35. The number of hydrogen-bond donors (Lipinski definition) is 2. The molecular weight excluding hydrogens is 246 g/mol. The van der Waals surface area contributed by atoms with Gasteiger partial charge >= 0.3 is 0 Å². The molecule has 1 aromatic carbocycles. The van der Waals surface area contributed by atoms with Gasteiger partial charge in [-0.15, -0.1) is 0 Å². The summed E-state index contributed by atoms with van der Waals surface area (Å²) in [5.74, 6) is 0.893. The molecule has 0 unspecified atom stereocenters. The van der Waals surface area contributed by atoms with Crippen LogP contribution in [-0.4, -0.2) is 28.6 Å². The second-order valence-corrected chi connectivity index (χ2v) is 4.29. The Morgan fingerprint density at radius 1 is 1.47 bits per heavy atom. The maximum atomic E-state index is 12.3. The molecule has 3 rings (SSSR count). The van der Waals surface area contributed by atoms with Crippen molar-refractivity contribution >= 4 is 5.78 Å². The molecule has 1 atom stereocenters. The Kier molecular flexibility index (Phi) is 2.92. The van der Waals surface area contributed by atoms with E-state index in [-0.39, 0.29) is 12.6 Å². The average molecular weight is 259 g/mol. The minimum atomic E-state index is -0.642. The van der Waals surface area contributed by atoms with Gasteiger partial charge in [-0.3, -0.25) is 4.79 Å². The van der Waals surface area contributed by atoms with E-state index in [9.17, 15) is 4.79 Å². The standard InChI is InChI=1S/C13H13N3O3/c14-10(4-8-5-15-6-16-8)12(17)9-2-1-3-11-13(9)19-7-18-11/h1-3,5-6,10H,4,7,14H2,(H,15,16)/t10-/m0/s1. The van der Waals surface area contributed by atoms with Crippen molar-refractivity contribution < 1.29 is 14.3 Å². The van der Waals surface area contributed by atoms with E-state index in [1.165, 1.54) is 0 Å². The zero-order chi connectivity index (χ0) is 13.2. The largest absolute Gasteiger partial charge is 0.454 e. The number of aromatic nitrogens is 2. The fraction of sp³-hybridized carbons (Fsp3) is 0.231. The lowest BCUT2D eigenvalue weighted by atomic mass is 10.00. The molecule has 0 saturated carbocycles. The third-order valence-corrected chi connectivity index (χ3v) is 2.99. The molecule has 2 aromatic rings. The van der Waals surface area contributed by atoms with E-state index in [0.29, 0.717) is 23.5 Å². The molecular formula is C13H13N3O3. The molecule has 98 valence electrons. The van der Waals surface area contributed by atoms with Gasteiger partial charge in [0.15, 0.2) is 17.3 Å². The van der Waals surface area contributed by atoms with Crippen LogP contribution in [0.5, 0.6) is 11.5 Å². The molecule has 6 heteroatoms. The summed E-state index contributed by atoms with van der Waals surface area (Å²) in [5, 5.41) is 0. The normalized spacial score (nSPS) is 14.4. The SMILES string of the molecule is N[C@@H](Cc1cnc[nH]1)C(=O)c1cccc2c1OCO2. The molecule has 0 spiro atoms. The molecule has 6 nitrogen and oxygen atoms in total. The van der Waals surface area contributed by atoms with Crippen molar-refractivity contribution in [2.45, 2.75) is 12.5 Å². The predicted molar refractivity (Wildman–Crippen MR) is 67.2 cm³/mol. The van der Waals surface area contributed by atoms with Gasteiger partial charge in [0.05, 0.1) is 17.9 Å². The molecule has 0 bridgehead atoms. The Balaban J connectivity index is 1.82. The van der Waals surface area contributed by atoms with Crippen molar-refractivity contribution in [3.63, 3.8) is 0 Å². The van der Waals surface area contributed by atoms with Crippen molar-refractivity contribution in [3.05, 3.63) is 42.0 Å². The fourth-order valence-electron chi connectivity index (χ4n) is 2.05. The lowest BCUT2D eigenvalue weighted by Gasteiger charge is -2.11. The highest BCUT2D eigenvalue weighted by atomic mass is 16.7. The smallest absolute Gasteiger partial charge is 0.231 e. The molecule has 0 amide bonds. The molecule has 0 aliphatic carbocycles. The van der Waals surface area contributed by atoms with E-state index in [1.54, 1.807) is 30.7 Å². The van der Waals surface area contributed by atoms with Crippen LogP contribution >= 0.6 is 0 Å². The molecule has 3 N–H and O–H groups in total. The number of fused-ring (bicyclic) bond motifs is 1. The number of carbonyl (C=O) groups excluding carboxylic acids is 1. The van der Waals surface area contributed by atoms with Gasteiger partial charge in [0, 0.05) is 18.3 Å². The number of rotatable bonds is 4. The number of nitrogens with one attached hydrogen (secondary N) is 1. The number of aromatic amines is 1. The summed E-state index contributed by atoms with van der Waals surface area (Å²) in [6.07, 6.45) is 3.62. The van der Waals surface area contributed by atoms with Crippen molar-refractivity contribution in [2.75, 3.05) is 6.79 Å². The van der Waals surface area contributed by atoms with Crippen molar-refractivity contribution in [1.82, 2.24) is 9.97 Å². The van der Waals surface area contributed by atoms with Gasteiger partial charge < -0.3 is 20.2 Å². The third-order valence-electron chi connectivity index (χ3n) is 2.99. The highest BCUT2D eigenvalue weighted by molar-refractivity contribution is 6.03. The first-order valence-electron chi connectivity index (χ1n) is 5.91. The number of carbonyl (C=O) groups is 1. The number of ketones is 1. The van der Waals surface area contributed by atoms with Crippen LogP contribution in [0.25, 0.3) is 0 Å². The molecule has 0 saturated heterocycles. The number of Topliss-reactive ketones (excluding diaryl/α,β-unsaturated/α-hetero) is 1. The van der Waals surface area contributed by atoms with Gasteiger partial charge in [0.1, 0.15) is 0 Å². The first kappa shape index (κ1) is 11.7. The minimum Gasteiger partial charge on any atom is -0.454 e. The van der Waals surface area contributed by atoms with Crippen LogP contribution in [0.2, 0.25) is 0 Å². The minimum absolute atomic E-state index is 0.134. The second kappa shape index (κ2) is 4.74. The van der Waals surface area contributed by atoms with Crippen LogP contribution in [0.3, 0.4) is 0 Å². The molecule has 1 aromatic heterocycles. The fourth-order valence-corrected chi connectivity index (χ4v) is 2.05. The van der Waals surface area contributed by atoms with Gasteiger partial charge in [-0.1, -0.05) is 6.07 Å². The highest BCUT2D eigenvalue weighted by Gasteiger charge is 2.25. The number of imidazole rings is 1. The van der Waals surface area contributed by atoms with Crippen molar-refractivity contribution in [3.8, 4) is 11.5 Å². The molecule has 19 heavy (non-hydrogen) atoms. The summed E-state index contributed by atoms with van der Waals surface area (Å²) in [6.45, 7) is 0.134. The zero-order valence-electron chi connectivity index (χ0n) is 10.1. The van der Waals surface area contributed by atoms with E-state index in [0.717, 1.165) is 5.69 Å². The van der Waals surface area contributed by atoms with Crippen LogP contribution in [0.1, 0.15) is 16.1 Å². The summed E-state index contributed by atoms with van der Waals surface area (Å²) in [7, 11) is 0. The topological polar surface area (TPSA) is 90.2 Å². The van der Waals surface area contributed by atoms with E-state index >= 15 is 0 Å². The lowest BCUT2D eigenvalue weighted by molar-refractivity contribution is 0.0956. The van der Waals surface area contributed by atoms with Gasteiger partial charge in [0.25, 0.3) is 0 Å². The molecule has 2 heterocycles. The molecule has 1 aliphatic rings. The van der Waals surface area contributed by atoms with Gasteiger partial charge in [0.2, 0.25) is 6.79 Å². The number of ether oxygens (including phenoxy) is 2. The average Bonchev–Trinajstić information content (AvgIpc) is 3.07. The number of hydrogen-bond acceptors (Lipinski definition) is 5. The second-order valence-electron chi connectivity index (χ2n) is 4.29. The van der Waals surface area contributed by atoms with Crippen LogP contribution in [0.15, 0.2) is 30.7 Å². The summed E-state index contributed by atoms with van der Waals surface area (Å²) in [6, 6.07) is 4.57. The van der Waals surface area contributed by atoms with E-state index in [1.807, 2.05) is 0 Å². The Morgan fingerprint density at radius 3 is 3.16 bits per heavy atom. The van der Waals surface area contributed by atoms with E-state index in [4.69, 9.17) is 15.2 Å². The number of para-hydroxylation sites is 1. The van der Waals surface area contributed by atoms with Crippen LogP contribution in [0, 0.1) is 0 Å². The quantitative estimate of drug-likeness (QED) is 0.796. The number of nitrogens with two attached hydrogens (primary N) is 1. The Hall–Kier alpha value is -2.34. The van der Waals surface area contributed by atoms with Crippen LogP contribution < -0.4 is 15.2 Å². The maximum absolute atomic E-state index is 12.3. The van der Waals surface area contributed by atoms with E-state index < -0.39 is 6.04 Å². The Bertz CT molecular complexity index is 595. The Morgan fingerprint density at radius 2 is 2.37 bits per heavy atom. The van der Waals surface area contributed by atoms with Gasteiger partial charge in [-0.05, 0) is 12.1 Å². The van der Waals surface area contributed by atoms with Crippen molar-refractivity contribution in [2.24, 2.45) is 5.73 Å². The van der Waals surface area contributed by atoms with Gasteiger partial charge in [-0.2, -0.15) is 0 Å². The Labute approximate surface area is 109 Å². The van der Waals surface area contributed by atoms with Crippen molar-refractivity contribution in [1.29, 1.82) is 0 Å². The maximum Gasteiger partial charge on any atom is 0.231 e. The first-order valence-corrected chi connectivity index (χ1v) is 5.91. The molecule has 0 fully saturated rings. The first-order chi connectivity index (χ1) is 9.25. The number of benzene rings is 1. The summed E-state index contributed by atoms with van der Waals surface area (Å²) < 4.78 is 10.6. The summed E-state index contributed by atoms with van der Waals surface area (Å²) >= 11 is 0. The van der Waals surface area contributed by atoms with Crippen LogP contribution in [0.4, 0.5) is 0 Å². The number of nitrogens with zero attached hydrogens (tertiary/aromatic N) is 1. The molecule has 0 radical (unpaired) electrons. The van der Waals surface area contributed by atoms with Gasteiger partial charge in [-0.25, -0.2) is 4.98 Å². The van der Waals surface area contributed by atoms with E-state index in [2.05, 4.69) is 9.97 Å². The lowest BCUT2D eigenvalue weighted by Crippen LogP contribution is -2.33. The summed E-state index contributed by atoms with van der Waals surface area (Å²) in [5.41, 5.74) is 7.23. The number of H-pyrrole nitrogens is 1. The predicted octanol–water partition coefficient (Wildman–Crippen LogP) is 0.891. The monoisotopic (exact) mass is 259 g/mol. The summed E-state index contributed by atoms with van der Waals surface area (Å²) in [4.78, 5) is 19.2.